The highest BCUT2D eigenvalue weighted by atomic mass is 32.2. The molecule has 2 aromatic rings. The van der Waals surface area contributed by atoms with Gasteiger partial charge in [-0.2, -0.15) is 4.31 Å². The first-order chi connectivity index (χ1) is 13.4. The van der Waals surface area contributed by atoms with Crippen LogP contribution in [0.15, 0.2) is 47.4 Å². The summed E-state index contributed by atoms with van der Waals surface area (Å²) in [5.41, 5.74) is 0.568. The standard InChI is InChI=1S/C19H22N2O6S/c1-3-21(4-2)28(23,24)16-8-6-15(7-9-16)25-12-19(22)20-14-5-10-17-18(11-14)27-13-26-17/h5-11H,3-4,12-13H2,1-2H3,(H,20,22). The Morgan fingerprint density at radius 2 is 1.75 bits per heavy atom. The van der Waals surface area contributed by atoms with E-state index in [9.17, 15) is 13.2 Å². The lowest BCUT2D eigenvalue weighted by atomic mass is 10.3. The number of benzene rings is 2. The Morgan fingerprint density at radius 1 is 1.07 bits per heavy atom. The van der Waals surface area contributed by atoms with Crippen LogP contribution in [0.2, 0.25) is 0 Å². The Kier molecular flexibility index (Phi) is 6.05. The first-order valence-electron chi connectivity index (χ1n) is 8.86. The minimum Gasteiger partial charge on any atom is -0.484 e. The van der Waals surface area contributed by atoms with E-state index >= 15 is 0 Å². The molecule has 9 heteroatoms. The van der Waals surface area contributed by atoms with Crippen LogP contribution in [-0.2, 0) is 14.8 Å². The molecule has 1 aliphatic heterocycles. The van der Waals surface area contributed by atoms with Crippen molar-refractivity contribution in [3.8, 4) is 17.2 Å². The lowest BCUT2D eigenvalue weighted by Crippen LogP contribution is -2.30. The maximum atomic E-state index is 12.5. The first-order valence-corrected chi connectivity index (χ1v) is 10.3. The van der Waals surface area contributed by atoms with Gasteiger partial charge in [-0.25, -0.2) is 8.42 Å². The highest BCUT2D eigenvalue weighted by Gasteiger charge is 2.21. The van der Waals surface area contributed by atoms with Gasteiger partial charge in [0.1, 0.15) is 5.75 Å². The SMILES string of the molecule is CCN(CC)S(=O)(=O)c1ccc(OCC(=O)Nc2ccc3c(c2)OCO3)cc1. The molecule has 150 valence electrons. The smallest absolute Gasteiger partial charge is 0.262 e. The van der Waals surface area contributed by atoms with Crippen molar-refractivity contribution in [2.75, 3.05) is 31.8 Å². The van der Waals surface area contributed by atoms with Crippen molar-refractivity contribution in [1.82, 2.24) is 4.31 Å². The van der Waals surface area contributed by atoms with Crippen LogP contribution in [0, 0.1) is 0 Å². The first kappa shape index (κ1) is 20.0. The van der Waals surface area contributed by atoms with Gasteiger partial charge in [0.2, 0.25) is 16.8 Å². The number of carbonyl (C=O) groups excluding carboxylic acids is 1. The molecule has 0 aromatic heterocycles. The summed E-state index contributed by atoms with van der Waals surface area (Å²) in [4.78, 5) is 12.3. The number of ether oxygens (including phenoxy) is 3. The second kappa shape index (κ2) is 8.49. The van der Waals surface area contributed by atoms with Gasteiger partial charge in [0.25, 0.3) is 5.91 Å². The van der Waals surface area contributed by atoms with Gasteiger partial charge in [-0.3, -0.25) is 4.79 Å². The van der Waals surface area contributed by atoms with Gasteiger partial charge < -0.3 is 19.5 Å². The summed E-state index contributed by atoms with van der Waals surface area (Å²) in [5.74, 6) is 1.26. The topological polar surface area (TPSA) is 94.2 Å². The van der Waals surface area contributed by atoms with Crippen molar-refractivity contribution in [1.29, 1.82) is 0 Å². The van der Waals surface area contributed by atoms with Crippen molar-refractivity contribution < 1.29 is 27.4 Å². The zero-order valence-corrected chi connectivity index (χ0v) is 16.5. The Bertz CT molecular complexity index is 939. The normalized spacial score (nSPS) is 12.8. The van der Waals surface area contributed by atoms with Gasteiger partial charge in [0.05, 0.1) is 4.90 Å². The summed E-state index contributed by atoms with van der Waals surface area (Å²) in [6.45, 7) is 4.33. The summed E-state index contributed by atoms with van der Waals surface area (Å²) in [5, 5.41) is 2.71. The largest absolute Gasteiger partial charge is 0.484 e. The lowest BCUT2D eigenvalue weighted by Gasteiger charge is -2.18. The molecular formula is C19H22N2O6S. The van der Waals surface area contributed by atoms with Gasteiger partial charge in [0.15, 0.2) is 18.1 Å². The Labute approximate surface area is 164 Å². The van der Waals surface area contributed by atoms with Gasteiger partial charge in [0, 0.05) is 24.8 Å². The van der Waals surface area contributed by atoms with Gasteiger partial charge in [-0.15, -0.1) is 0 Å². The van der Waals surface area contributed by atoms with E-state index in [1.807, 2.05) is 0 Å². The molecule has 1 heterocycles. The number of amides is 1. The quantitative estimate of drug-likeness (QED) is 0.724. The molecule has 0 spiro atoms. The number of rotatable bonds is 8. The summed E-state index contributed by atoms with van der Waals surface area (Å²) in [6, 6.07) is 11.1. The third-order valence-corrected chi connectivity index (χ3v) is 6.26. The second-order valence-electron chi connectivity index (χ2n) is 5.97. The average molecular weight is 406 g/mol. The van der Waals surface area contributed by atoms with Crippen molar-refractivity contribution >= 4 is 21.6 Å². The van der Waals surface area contributed by atoms with Crippen LogP contribution in [0.4, 0.5) is 5.69 Å². The molecule has 0 atom stereocenters. The summed E-state index contributed by atoms with van der Waals surface area (Å²) >= 11 is 0. The molecule has 0 saturated heterocycles. The van der Waals surface area contributed by atoms with Gasteiger partial charge in [-0.05, 0) is 36.4 Å². The van der Waals surface area contributed by atoms with E-state index in [2.05, 4.69) is 5.32 Å². The molecular weight excluding hydrogens is 384 g/mol. The number of anilines is 1. The van der Waals surface area contributed by atoms with Crippen molar-refractivity contribution in [3.63, 3.8) is 0 Å². The molecule has 8 nitrogen and oxygen atoms in total. The fourth-order valence-corrected chi connectivity index (χ4v) is 4.20. The molecule has 2 aromatic carbocycles. The van der Waals surface area contributed by atoms with Gasteiger partial charge >= 0.3 is 0 Å². The summed E-state index contributed by atoms with van der Waals surface area (Å²) in [7, 11) is -3.52. The molecule has 0 saturated carbocycles. The fourth-order valence-electron chi connectivity index (χ4n) is 2.74. The van der Waals surface area contributed by atoms with Crippen LogP contribution in [0.1, 0.15) is 13.8 Å². The van der Waals surface area contributed by atoms with Crippen molar-refractivity contribution in [2.45, 2.75) is 18.7 Å². The molecule has 0 aliphatic carbocycles. The fraction of sp³-hybridized carbons (Fsp3) is 0.316. The van der Waals surface area contributed by atoms with E-state index in [4.69, 9.17) is 14.2 Å². The molecule has 28 heavy (non-hydrogen) atoms. The Hall–Kier alpha value is -2.78. The number of nitrogens with one attached hydrogen (secondary N) is 1. The second-order valence-corrected chi connectivity index (χ2v) is 7.90. The zero-order chi connectivity index (χ0) is 20.1. The number of nitrogens with zero attached hydrogens (tertiary/aromatic N) is 1. The minimum absolute atomic E-state index is 0.163. The molecule has 0 bridgehead atoms. The maximum Gasteiger partial charge on any atom is 0.262 e. The van der Waals surface area contributed by atoms with E-state index in [0.29, 0.717) is 36.0 Å². The third kappa shape index (κ3) is 4.37. The highest BCUT2D eigenvalue weighted by Crippen LogP contribution is 2.34. The number of fused-ring (bicyclic) bond motifs is 1. The molecule has 1 aliphatic rings. The monoisotopic (exact) mass is 406 g/mol. The lowest BCUT2D eigenvalue weighted by molar-refractivity contribution is -0.118. The number of hydrogen-bond donors (Lipinski definition) is 1. The van der Waals surface area contributed by atoms with Crippen LogP contribution in [-0.4, -0.2) is 45.1 Å². The Morgan fingerprint density at radius 3 is 2.43 bits per heavy atom. The molecule has 0 unspecified atom stereocenters. The van der Waals surface area contributed by atoms with Crippen LogP contribution in [0.5, 0.6) is 17.2 Å². The minimum atomic E-state index is -3.52. The Balaban J connectivity index is 1.57. The maximum absolute atomic E-state index is 12.5. The summed E-state index contributed by atoms with van der Waals surface area (Å²) < 4.78 is 42.2. The van der Waals surface area contributed by atoms with E-state index in [1.165, 1.54) is 28.6 Å². The predicted octanol–water partition coefficient (Wildman–Crippen LogP) is 2.46. The van der Waals surface area contributed by atoms with Crippen LogP contribution in [0.25, 0.3) is 0 Å². The number of sulfonamides is 1. The van der Waals surface area contributed by atoms with E-state index in [1.54, 1.807) is 32.0 Å². The average Bonchev–Trinajstić information content (AvgIpc) is 3.15. The molecule has 1 N–H and O–H groups in total. The van der Waals surface area contributed by atoms with Crippen molar-refractivity contribution in [2.24, 2.45) is 0 Å². The third-order valence-electron chi connectivity index (χ3n) is 4.19. The zero-order valence-electron chi connectivity index (χ0n) is 15.7. The summed E-state index contributed by atoms with van der Waals surface area (Å²) in [6.07, 6.45) is 0. The molecule has 0 fully saturated rings. The van der Waals surface area contributed by atoms with Crippen LogP contribution in [0.3, 0.4) is 0 Å². The van der Waals surface area contributed by atoms with E-state index in [0.717, 1.165) is 0 Å². The predicted molar refractivity (Wildman–Crippen MR) is 103 cm³/mol. The van der Waals surface area contributed by atoms with Crippen molar-refractivity contribution in [3.05, 3.63) is 42.5 Å². The molecule has 1 amide bonds. The van der Waals surface area contributed by atoms with Crippen LogP contribution < -0.4 is 19.5 Å². The van der Waals surface area contributed by atoms with E-state index in [-0.39, 0.29) is 24.2 Å². The molecule has 0 radical (unpaired) electrons. The number of carbonyl (C=O) groups is 1. The van der Waals surface area contributed by atoms with Gasteiger partial charge in [-0.1, -0.05) is 13.8 Å². The van der Waals surface area contributed by atoms with E-state index < -0.39 is 10.0 Å². The number of hydrogen-bond acceptors (Lipinski definition) is 6. The van der Waals surface area contributed by atoms with Crippen LogP contribution >= 0.6 is 0 Å². The molecule has 3 rings (SSSR count). The highest BCUT2D eigenvalue weighted by molar-refractivity contribution is 7.89.